The van der Waals surface area contributed by atoms with Gasteiger partial charge >= 0.3 is 10.3 Å². The molecule has 0 aliphatic heterocycles. The number of benzene rings is 1. The number of nitrogens with zero attached hydrogens (tertiary/aromatic N) is 1. The van der Waals surface area contributed by atoms with E-state index in [0.29, 0.717) is 0 Å². The number of anilines is 1. The largest absolute Gasteiger partial charge is 0.380 e. The average molecular weight is 252 g/mol. The van der Waals surface area contributed by atoms with Crippen LogP contribution in [0.1, 0.15) is 0 Å². The summed E-state index contributed by atoms with van der Waals surface area (Å²) in [4.78, 5) is 1.18. The molecule has 16 heavy (non-hydrogen) atoms. The molecule has 1 aromatic rings. The Labute approximate surface area is 91.7 Å². The van der Waals surface area contributed by atoms with Crippen molar-refractivity contribution in [3.05, 3.63) is 23.8 Å². The molecular weight excluding hydrogens is 242 g/mol. The van der Waals surface area contributed by atoms with Gasteiger partial charge in [-0.15, -0.1) is 0 Å². The third kappa shape index (κ3) is 2.80. The first kappa shape index (κ1) is 12.7. The van der Waals surface area contributed by atoms with Crippen molar-refractivity contribution in [3.63, 3.8) is 0 Å². The van der Waals surface area contributed by atoms with Crippen LogP contribution in [-0.4, -0.2) is 22.5 Å². The number of halogens is 2. The summed E-state index contributed by atoms with van der Waals surface area (Å²) in [6.45, 7) is 0. The molecule has 1 rings (SSSR count). The fraction of sp³-hybridized carbons (Fsp3) is 0.250. The fourth-order valence-electron chi connectivity index (χ4n) is 1.13. The molecule has 0 spiro atoms. The van der Waals surface area contributed by atoms with E-state index in [4.69, 9.17) is 0 Å². The maximum Gasteiger partial charge on any atom is 0.380 e. The Morgan fingerprint density at radius 2 is 1.88 bits per heavy atom. The molecule has 8 heteroatoms. The Kier molecular flexibility index (Phi) is 3.34. The second kappa shape index (κ2) is 4.22. The van der Waals surface area contributed by atoms with Crippen molar-refractivity contribution in [2.45, 2.75) is 0 Å². The second-order valence-corrected chi connectivity index (χ2v) is 4.33. The van der Waals surface area contributed by atoms with Crippen LogP contribution in [0.5, 0.6) is 5.75 Å². The summed E-state index contributed by atoms with van der Waals surface area (Å²) in [5.74, 6) is -2.68. The van der Waals surface area contributed by atoms with Crippen LogP contribution in [0.25, 0.3) is 0 Å². The van der Waals surface area contributed by atoms with Gasteiger partial charge in [0.25, 0.3) is 0 Å². The lowest BCUT2D eigenvalue weighted by molar-refractivity contribution is 0.473. The lowest BCUT2D eigenvalue weighted by Gasteiger charge is -2.17. The Hall–Kier alpha value is -1.41. The van der Waals surface area contributed by atoms with Gasteiger partial charge in [0.05, 0.1) is 0 Å². The lowest BCUT2D eigenvalue weighted by atomic mass is 10.2. The standard InChI is InChI=1S/C8H10F2N2O3S/c1-12(2)8-6(15-16(11,13)14)4-3-5(9)7(8)10/h3-4H,1-2H3,(H2,11,13,14). The van der Waals surface area contributed by atoms with E-state index in [0.717, 1.165) is 12.1 Å². The summed E-state index contributed by atoms with van der Waals surface area (Å²) in [5, 5.41) is 4.64. The van der Waals surface area contributed by atoms with Crippen LogP contribution < -0.4 is 14.2 Å². The summed E-state index contributed by atoms with van der Waals surface area (Å²) < 4.78 is 52.0. The molecular formula is C8H10F2N2O3S. The number of rotatable bonds is 3. The fourth-order valence-corrected chi connectivity index (χ4v) is 1.52. The van der Waals surface area contributed by atoms with Gasteiger partial charge < -0.3 is 9.08 Å². The van der Waals surface area contributed by atoms with Gasteiger partial charge in [-0.05, 0) is 12.1 Å². The molecule has 0 saturated heterocycles. The molecule has 2 N–H and O–H groups in total. The van der Waals surface area contributed by atoms with Crippen LogP contribution in [0.3, 0.4) is 0 Å². The summed E-state index contributed by atoms with van der Waals surface area (Å²) in [5.41, 5.74) is -0.325. The Balaban J connectivity index is 3.35. The highest BCUT2D eigenvalue weighted by molar-refractivity contribution is 7.84. The van der Waals surface area contributed by atoms with Crippen LogP contribution in [0, 0.1) is 11.6 Å². The molecule has 0 radical (unpaired) electrons. The summed E-state index contributed by atoms with van der Waals surface area (Å²) in [6.07, 6.45) is 0. The van der Waals surface area contributed by atoms with E-state index >= 15 is 0 Å². The van der Waals surface area contributed by atoms with Gasteiger partial charge in [-0.2, -0.15) is 13.6 Å². The third-order valence-corrected chi connectivity index (χ3v) is 2.10. The smallest absolute Gasteiger partial charge is 0.372 e. The molecule has 0 atom stereocenters. The van der Waals surface area contributed by atoms with Crippen LogP contribution in [-0.2, 0) is 10.3 Å². The van der Waals surface area contributed by atoms with Crippen LogP contribution in [0.2, 0.25) is 0 Å². The van der Waals surface area contributed by atoms with Crippen LogP contribution in [0.4, 0.5) is 14.5 Å². The van der Waals surface area contributed by atoms with Crippen LogP contribution in [0.15, 0.2) is 12.1 Å². The number of hydrogen-bond acceptors (Lipinski definition) is 4. The molecule has 0 unspecified atom stereocenters. The van der Waals surface area contributed by atoms with Gasteiger partial charge in [-0.3, -0.25) is 0 Å². The van der Waals surface area contributed by atoms with Crippen molar-refractivity contribution in [2.24, 2.45) is 5.14 Å². The van der Waals surface area contributed by atoms with E-state index in [-0.39, 0.29) is 11.4 Å². The first-order valence-electron chi connectivity index (χ1n) is 4.10. The molecule has 0 heterocycles. The van der Waals surface area contributed by atoms with Gasteiger partial charge in [-0.25, -0.2) is 8.78 Å². The Bertz CT molecular complexity index is 502. The van der Waals surface area contributed by atoms with Gasteiger partial charge in [0, 0.05) is 14.1 Å². The molecule has 0 aliphatic carbocycles. The predicted molar refractivity (Wildman–Crippen MR) is 54.4 cm³/mol. The van der Waals surface area contributed by atoms with Crippen molar-refractivity contribution in [2.75, 3.05) is 19.0 Å². The van der Waals surface area contributed by atoms with E-state index in [9.17, 15) is 17.2 Å². The highest BCUT2D eigenvalue weighted by Gasteiger charge is 2.19. The minimum absolute atomic E-state index is 0.325. The normalized spacial score (nSPS) is 11.3. The molecule has 0 bridgehead atoms. The highest BCUT2D eigenvalue weighted by atomic mass is 32.2. The van der Waals surface area contributed by atoms with E-state index in [1.807, 2.05) is 0 Å². The maximum absolute atomic E-state index is 13.4. The first-order valence-corrected chi connectivity index (χ1v) is 5.57. The Morgan fingerprint density at radius 1 is 1.31 bits per heavy atom. The zero-order valence-corrected chi connectivity index (χ0v) is 9.38. The summed E-state index contributed by atoms with van der Waals surface area (Å²) in [7, 11) is -1.46. The van der Waals surface area contributed by atoms with Gasteiger partial charge in [0.1, 0.15) is 5.69 Å². The minimum Gasteiger partial charge on any atom is -0.372 e. The zero-order chi connectivity index (χ0) is 12.5. The maximum atomic E-state index is 13.4. The predicted octanol–water partition coefficient (Wildman–Crippen LogP) is 0.613. The monoisotopic (exact) mass is 252 g/mol. The van der Waals surface area contributed by atoms with Gasteiger partial charge in [0.15, 0.2) is 17.4 Å². The van der Waals surface area contributed by atoms with E-state index in [1.54, 1.807) is 0 Å². The Morgan fingerprint density at radius 3 is 2.31 bits per heavy atom. The molecule has 0 saturated carbocycles. The summed E-state index contributed by atoms with van der Waals surface area (Å²) >= 11 is 0. The van der Waals surface area contributed by atoms with Crippen LogP contribution >= 0.6 is 0 Å². The van der Waals surface area contributed by atoms with Crippen molar-refractivity contribution in [1.82, 2.24) is 0 Å². The lowest BCUT2D eigenvalue weighted by Crippen LogP contribution is -2.21. The zero-order valence-electron chi connectivity index (χ0n) is 8.57. The third-order valence-electron chi connectivity index (χ3n) is 1.69. The van der Waals surface area contributed by atoms with Gasteiger partial charge in [0.2, 0.25) is 0 Å². The van der Waals surface area contributed by atoms with Crippen molar-refractivity contribution in [1.29, 1.82) is 0 Å². The molecule has 90 valence electrons. The molecule has 0 fully saturated rings. The number of nitrogens with two attached hydrogens (primary N) is 1. The summed E-state index contributed by atoms with van der Waals surface area (Å²) in [6, 6.07) is 1.74. The van der Waals surface area contributed by atoms with E-state index in [2.05, 4.69) is 9.32 Å². The molecule has 5 nitrogen and oxygen atoms in total. The van der Waals surface area contributed by atoms with E-state index < -0.39 is 21.9 Å². The molecule has 0 aromatic heterocycles. The molecule has 0 aliphatic rings. The average Bonchev–Trinajstić information content (AvgIpc) is 2.08. The second-order valence-electron chi connectivity index (χ2n) is 3.18. The minimum atomic E-state index is -4.28. The topological polar surface area (TPSA) is 72.6 Å². The highest BCUT2D eigenvalue weighted by Crippen LogP contribution is 2.32. The van der Waals surface area contributed by atoms with Crippen molar-refractivity contribution in [3.8, 4) is 5.75 Å². The van der Waals surface area contributed by atoms with Crippen molar-refractivity contribution < 1.29 is 21.4 Å². The number of hydrogen-bond donors (Lipinski definition) is 1. The molecule has 0 amide bonds. The van der Waals surface area contributed by atoms with Crippen molar-refractivity contribution >= 4 is 16.0 Å². The first-order chi connectivity index (χ1) is 7.22. The van der Waals surface area contributed by atoms with E-state index in [1.165, 1.54) is 19.0 Å². The molecule has 1 aromatic carbocycles. The quantitative estimate of drug-likeness (QED) is 0.855. The van der Waals surface area contributed by atoms with Gasteiger partial charge in [-0.1, -0.05) is 0 Å². The SMILES string of the molecule is CN(C)c1c(OS(N)(=O)=O)ccc(F)c1F.